The van der Waals surface area contributed by atoms with Crippen molar-refractivity contribution in [2.75, 3.05) is 0 Å². The third kappa shape index (κ3) is 8.02. The molecule has 0 saturated heterocycles. The minimum atomic E-state index is 0. The molecule has 2 aromatic heterocycles. The molecule has 0 aliphatic carbocycles. The zero-order valence-corrected chi connectivity index (χ0v) is 15.6. The Morgan fingerprint density at radius 1 is 0.680 bits per heavy atom. The Hall–Kier alpha value is -2.81. The van der Waals surface area contributed by atoms with Crippen LogP contribution in [-0.2, 0) is 34.8 Å². The van der Waals surface area contributed by atoms with Gasteiger partial charge in [-0.3, -0.25) is 9.97 Å². The Bertz CT molecular complexity index is 638. The summed E-state index contributed by atoms with van der Waals surface area (Å²) in [6.07, 6.45) is 1.78. The summed E-state index contributed by atoms with van der Waals surface area (Å²) in [5.74, 6) is 0. The van der Waals surface area contributed by atoms with Crippen molar-refractivity contribution in [1.29, 1.82) is 0 Å². The number of benzene rings is 1. The van der Waals surface area contributed by atoms with E-state index in [2.05, 4.69) is 36.4 Å². The topological polar surface area (TPSA) is 77.0 Å². The van der Waals surface area contributed by atoms with Crippen LogP contribution in [-0.4, -0.2) is 30.3 Å². The second-order valence-electron chi connectivity index (χ2n) is 3.90. The van der Waals surface area contributed by atoms with Crippen LogP contribution in [0.25, 0.3) is 22.6 Å². The van der Waals surface area contributed by atoms with Gasteiger partial charge in [0.15, 0.2) is 0 Å². The molecule has 3 aromatic rings. The second-order valence-corrected chi connectivity index (χ2v) is 3.90. The van der Waals surface area contributed by atoms with Gasteiger partial charge in [-0.25, -0.2) is 0 Å². The van der Waals surface area contributed by atoms with Gasteiger partial charge < -0.3 is 34.8 Å². The van der Waals surface area contributed by atoms with E-state index in [1.165, 1.54) is 0 Å². The molecule has 5 nitrogen and oxygen atoms in total. The summed E-state index contributed by atoms with van der Waals surface area (Å²) in [5, 5.41) is 0. The Morgan fingerprint density at radius 3 is 1.84 bits per heavy atom. The molecule has 0 unspecified atom stereocenters. The van der Waals surface area contributed by atoms with Gasteiger partial charge >= 0.3 is 0 Å². The van der Waals surface area contributed by atoms with E-state index in [0.717, 1.165) is 22.6 Å². The van der Waals surface area contributed by atoms with E-state index in [1.807, 2.05) is 60.7 Å². The van der Waals surface area contributed by atoms with Gasteiger partial charge in [-0.2, -0.15) is 0 Å². The van der Waals surface area contributed by atoms with Crippen LogP contribution in [0, 0.1) is 6.07 Å². The first-order valence-corrected chi connectivity index (χ1v) is 6.40. The van der Waals surface area contributed by atoms with Crippen molar-refractivity contribution in [1.82, 2.24) is 9.97 Å². The number of nitrogens with zero attached hydrogens (tertiary/aromatic N) is 2. The molecular weight excluding hydrogens is 490 g/mol. The maximum Gasteiger partial charge on any atom is 0.0876 e. The maximum absolute atomic E-state index is 7.50. The van der Waals surface area contributed by atoms with Gasteiger partial charge in [0.25, 0.3) is 0 Å². The maximum atomic E-state index is 7.50. The van der Waals surface area contributed by atoms with Crippen LogP contribution < -0.4 is 0 Å². The number of hydrogen-bond donors (Lipinski definition) is 0. The number of aromatic nitrogens is 2. The summed E-state index contributed by atoms with van der Waals surface area (Å²) in [5.41, 5.74) is 3.68. The van der Waals surface area contributed by atoms with Crippen molar-refractivity contribution in [3.8, 4) is 22.6 Å². The van der Waals surface area contributed by atoms with Gasteiger partial charge in [-0.05, 0) is 23.9 Å². The van der Waals surface area contributed by atoms with Gasteiger partial charge in [-0.15, -0.1) is 35.9 Å². The molecule has 0 aliphatic heterocycles. The fourth-order valence-electron chi connectivity index (χ4n) is 1.79. The molecule has 4 radical (unpaired) electrons. The van der Waals surface area contributed by atoms with E-state index >= 15 is 0 Å². The van der Waals surface area contributed by atoms with Crippen LogP contribution in [0.15, 0.2) is 66.9 Å². The van der Waals surface area contributed by atoms with Crippen LogP contribution in [0.4, 0.5) is 0 Å². The molecule has 0 saturated carbocycles. The molecule has 0 amide bonds. The molecule has 0 spiro atoms. The third-order valence-electron chi connectivity index (χ3n) is 2.66. The summed E-state index contributed by atoms with van der Waals surface area (Å²) in [7, 11) is 0. The molecule has 0 bridgehead atoms. The van der Waals surface area contributed by atoms with Crippen molar-refractivity contribution in [2.24, 2.45) is 0 Å². The largest absolute Gasteiger partial charge is 0.573 e. The molecular formula is C19H11N2O3Re-4. The first-order chi connectivity index (χ1) is 11.9. The van der Waals surface area contributed by atoms with Crippen LogP contribution in [0.1, 0.15) is 0 Å². The summed E-state index contributed by atoms with van der Waals surface area (Å²) in [4.78, 5) is 31.4. The average molecular weight is 502 g/mol. The monoisotopic (exact) mass is 502 g/mol. The van der Waals surface area contributed by atoms with Crippen LogP contribution >= 0.6 is 0 Å². The third-order valence-corrected chi connectivity index (χ3v) is 2.66. The van der Waals surface area contributed by atoms with Gasteiger partial charge in [-0.1, -0.05) is 18.2 Å². The summed E-state index contributed by atoms with van der Waals surface area (Å²) >= 11 is 0. The van der Waals surface area contributed by atoms with Gasteiger partial charge in [0.1, 0.15) is 0 Å². The normalized spacial score (nSPS) is 7.84. The van der Waals surface area contributed by atoms with E-state index in [0.29, 0.717) is 0 Å². The molecule has 25 heavy (non-hydrogen) atoms. The molecule has 1 aromatic carbocycles. The first-order valence-electron chi connectivity index (χ1n) is 6.40. The smallest absolute Gasteiger partial charge is 0.0876 e. The molecule has 126 valence electrons. The van der Waals surface area contributed by atoms with Gasteiger partial charge in [0.05, 0.1) is 11.4 Å². The minimum absolute atomic E-state index is 0. The fourth-order valence-corrected chi connectivity index (χ4v) is 1.79. The Kier molecular flexibility index (Phi) is 15.7. The molecule has 0 N–H and O–H groups in total. The van der Waals surface area contributed by atoms with Crippen molar-refractivity contribution < 1.29 is 34.8 Å². The van der Waals surface area contributed by atoms with E-state index in [4.69, 9.17) is 14.4 Å². The van der Waals surface area contributed by atoms with Gasteiger partial charge in [0.2, 0.25) is 0 Å². The number of pyridine rings is 2. The van der Waals surface area contributed by atoms with Crippen molar-refractivity contribution in [3.63, 3.8) is 0 Å². The van der Waals surface area contributed by atoms with E-state index in [1.54, 1.807) is 6.20 Å². The predicted octanol–water partition coefficient (Wildman–Crippen LogP) is 2.42. The summed E-state index contributed by atoms with van der Waals surface area (Å²) in [6.45, 7) is 13.5. The second kappa shape index (κ2) is 16.1. The first kappa shape index (κ1) is 24.4. The standard InChI is InChI=1S/C16H11N2.3CO.Re/c1-2-7-13(8-3-1)14-10-6-11-16(18-14)15-9-4-5-12-17-15;3*1-2;/h1-7,9-12H;;;;/q4*-1;. The number of carbonyl (C=O) groups excluding carboxylic acids is 3. The molecule has 0 aliphatic rings. The van der Waals surface area contributed by atoms with E-state index in [-0.39, 0.29) is 20.4 Å². The van der Waals surface area contributed by atoms with Crippen LogP contribution in [0.5, 0.6) is 0 Å². The van der Waals surface area contributed by atoms with Crippen LogP contribution in [0.3, 0.4) is 0 Å². The van der Waals surface area contributed by atoms with E-state index in [9.17, 15) is 0 Å². The van der Waals surface area contributed by atoms with E-state index < -0.39 is 0 Å². The summed E-state index contributed by atoms with van der Waals surface area (Å²) in [6, 6.07) is 22.8. The minimum Gasteiger partial charge on any atom is -0.573 e. The average Bonchev–Trinajstić information content (AvgIpc) is 2.74. The van der Waals surface area contributed by atoms with Gasteiger partial charge in [0, 0.05) is 26.6 Å². The quantitative estimate of drug-likeness (QED) is 0.504. The van der Waals surface area contributed by atoms with Crippen molar-refractivity contribution >= 4 is 20.4 Å². The number of rotatable bonds is 2. The zero-order chi connectivity index (χ0) is 18.2. The fraction of sp³-hybridized carbons (Fsp3) is 0. The Labute approximate surface area is 160 Å². The zero-order valence-electron chi connectivity index (χ0n) is 12.8. The predicted molar refractivity (Wildman–Crippen MR) is 88.8 cm³/mol. The SMILES string of the molecule is [C-]=O.[C-]=O.[C-]=O.[Re].[c-]1ccccc1-c1cccc(-c2ccccn2)n1. The number of hydrogen-bond acceptors (Lipinski definition) is 5. The van der Waals surface area contributed by atoms with Crippen molar-refractivity contribution in [3.05, 3.63) is 72.9 Å². The summed E-state index contributed by atoms with van der Waals surface area (Å²) < 4.78 is 0. The molecule has 0 atom stereocenters. The molecule has 3 rings (SSSR count). The Morgan fingerprint density at radius 2 is 1.28 bits per heavy atom. The molecule has 2 heterocycles. The molecule has 6 heteroatoms. The van der Waals surface area contributed by atoms with Crippen molar-refractivity contribution in [2.45, 2.75) is 0 Å². The van der Waals surface area contributed by atoms with Crippen LogP contribution in [0.2, 0.25) is 0 Å². The molecule has 0 fully saturated rings. The Balaban J connectivity index is 0.